The first kappa shape index (κ1) is 16.8. The van der Waals surface area contributed by atoms with Gasteiger partial charge >= 0.3 is 11.9 Å². The first-order valence-corrected chi connectivity index (χ1v) is 7.05. The molecular formula is C12H12Br2O6. The van der Waals surface area contributed by atoms with E-state index in [1.165, 1.54) is 13.2 Å². The third-order valence-corrected chi connectivity index (χ3v) is 4.89. The largest absolute Gasteiger partial charge is 0.503 e. The molecule has 1 aromatic rings. The Kier molecular flexibility index (Phi) is 5.82. The molecule has 0 amide bonds. The van der Waals surface area contributed by atoms with Crippen LogP contribution >= 0.6 is 31.9 Å². The van der Waals surface area contributed by atoms with E-state index >= 15 is 0 Å². The summed E-state index contributed by atoms with van der Waals surface area (Å²) in [6.45, 7) is 0. The molecule has 0 radical (unpaired) electrons. The maximum atomic E-state index is 11.1. The lowest BCUT2D eigenvalue weighted by molar-refractivity contribution is -0.148. The number of ether oxygens (including phenoxy) is 1. The van der Waals surface area contributed by atoms with Gasteiger partial charge in [0.1, 0.15) is 0 Å². The van der Waals surface area contributed by atoms with Crippen LogP contribution in [-0.4, -0.2) is 34.4 Å². The highest BCUT2D eigenvalue weighted by Gasteiger charge is 2.24. The second-order valence-electron chi connectivity index (χ2n) is 4.05. The number of methoxy groups -OCH3 is 1. The van der Waals surface area contributed by atoms with Crippen molar-refractivity contribution in [3.05, 3.63) is 20.6 Å². The highest BCUT2D eigenvalue weighted by molar-refractivity contribution is 9.13. The van der Waals surface area contributed by atoms with Crippen molar-refractivity contribution in [2.24, 2.45) is 5.92 Å². The number of aliphatic carboxylic acids is 2. The van der Waals surface area contributed by atoms with Crippen molar-refractivity contribution in [3.8, 4) is 11.5 Å². The molecule has 0 aliphatic rings. The number of rotatable bonds is 6. The van der Waals surface area contributed by atoms with E-state index in [1.807, 2.05) is 0 Å². The number of carbonyl (C=O) groups is 2. The summed E-state index contributed by atoms with van der Waals surface area (Å²) in [4.78, 5) is 21.8. The van der Waals surface area contributed by atoms with Crippen LogP contribution in [0.25, 0.3) is 0 Å². The van der Waals surface area contributed by atoms with E-state index in [1.54, 1.807) is 0 Å². The Morgan fingerprint density at radius 1 is 1.30 bits per heavy atom. The summed E-state index contributed by atoms with van der Waals surface area (Å²) in [5.41, 5.74) is 0.528. The molecule has 0 saturated heterocycles. The van der Waals surface area contributed by atoms with Gasteiger partial charge in [-0.2, -0.15) is 0 Å². The van der Waals surface area contributed by atoms with E-state index in [9.17, 15) is 14.7 Å². The fourth-order valence-electron chi connectivity index (χ4n) is 1.67. The smallest absolute Gasteiger partial charge is 0.307 e. The quantitative estimate of drug-likeness (QED) is 0.664. The summed E-state index contributed by atoms with van der Waals surface area (Å²) in [7, 11) is 1.37. The van der Waals surface area contributed by atoms with Crippen molar-refractivity contribution in [2.75, 3.05) is 7.11 Å². The molecule has 20 heavy (non-hydrogen) atoms. The van der Waals surface area contributed by atoms with Crippen LogP contribution in [0, 0.1) is 5.92 Å². The molecule has 0 bridgehead atoms. The molecule has 0 aromatic heterocycles. The molecule has 1 unspecified atom stereocenters. The van der Waals surface area contributed by atoms with Crippen LogP contribution in [-0.2, 0) is 16.0 Å². The average molecular weight is 412 g/mol. The molecule has 0 fully saturated rings. The first-order chi connectivity index (χ1) is 9.27. The number of aromatic hydroxyl groups is 1. The summed E-state index contributed by atoms with van der Waals surface area (Å²) in [6, 6.07) is 1.47. The van der Waals surface area contributed by atoms with Crippen molar-refractivity contribution >= 4 is 43.8 Å². The van der Waals surface area contributed by atoms with Gasteiger partial charge < -0.3 is 20.1 Å². The molecule has 6 nitrogen and oxygen atoms in total. The standard InChI is InChI=1S/C12H12Br2O6/c1-20-7-3-5(9(13)10(14)11(7)17)2-6(12(18)19)4-8(15)16/h3,6,17H,2,4H2,1H3,(H,15,16)(H,18,19). The van der Waals surface area contributed by atoms with Gasteiger partial charge in [-0.05, 0) is 49.9 Å². The highest BCUT2D eigenvalue weighted by atomic mass is 79.9. The molecule has 0 saturated carbocycles. The van der Waals surface area contributed by atoms with Crippen LogP contribution in [0.15, 0.2) is 15.0 Å². The molecule has 0 aliphatic heterocycles. The number of benzene rings is 1. The molecule has 8 heteroatoms. The number of halogens is 2. The van der Waals surface area contributed by atoms with Gasteiger partial charge in [0.05, 0.1) is 23.9 Å². The van der Waals surface area contributed by atoms with Crippen LogP contribution in [0.2, 0.25) is 0 Å². The lowest BCUT2D eigenvalue weighted by Crippen LogP contribution is -2.20. The minimum atomic E-state index is -1.19. The van der Waals surface area contributed by atoms with E-state index in [0.29, 0.717) is 14.5 Å². The number of carboxylic acid groups (broad SMARTS) is 2. The zero-order valence-corrected chi connectivity index (χ0v) is 13.6. The predicted octanol–water partition coefficient (Wildman–Crippen LogP) is 2.64. The van der Waals surface area contributed by atoms with Gasteiger partial charge in [-0.25, -0.2) is 0 Å². The normalized spacial score (nSPS) is 11.9. The fraction of sp³-hybridized carbons (Fsp3) is 0.333. The number of carboxylic acids is 2. The molecule has 1 rings (SSSR count). The summed E-state index contributed by atoms with van der Waals surface area (Å²) >= 11 is 6.39. The van der Waals surface area contributed by atoms with E-state index in [4.69, 9.17) is 14.9 Å². The van der Waals surface area contributed by atoms with E-state index in [2.05, 4.69) is 31.9 Å². The Hall–Kier alpha value is -1.28. The third-order valence-electron chi connectivity index (χ3n) is 2.68. The van der Waals surface area contributed by atoms with Crippen LogP contribution in [0.1, 0.15) is 12.0 Å². The first-order valence-electron chi connectivity index (χ1n) is 5.46. The van der Waals surface area contributed by atoms with Gasteiger partial charge in [0.25, 0.3) is 0 Å². The predicted molar refractivity (Wildman–Crippen MR) is 77.1 cm³/mol. The fourth-order valence-corrected chi connectivity index (χ4v) is 2.58. The summed E-state index contributed by atoms with van der Waals surface area (Å²) in [5, 5.41) is 27.6. The minimum absolute atomic E-state index is 0.00252. The van der Waals surface area contributed by atoms with E-state index in [0.717, 1.165) is 0 Å². The molecule has 1 aromatic carbocycles. The molecule has 0 spiro atoms. The van der Waals surface area contributed by atoms with Crippen molar-refractivity contribution in [1.82, 2.24) is 0 Å². The van der Waals surface area contributed by atoms with Gasteiger partial charge in [0.2, 0.25) is 0 Å². The Bertz CT molecular complexity index is 543. The Balaban J connectivity index is 3.15. The molecule has 3 N–H and O–H groups in total. The lowest BCUT2D eigenvalue weighted by Gasteiger charge is -2.15. The highest BCUT2D eigenvalue weighted by Crippen LogP contribution is 2.42. The van der Waals surface area contributed by atoms with Crippen LogP contribution in [0.4, 0.5) is 0 Å². The van der Waals surface area contributed by atoms with Crippen molar-refractivity contribution in [3.63, 3.8) is 0 Å². The third kappa shape index (κ3) is 3.86. The summed E-state index contributed by atoms with van der Waals surface area (Å²) in [6.07, 6.45) is -0.486. The zero-order chi connectivity index (χ0) is 15.4. The monoisotopic (exact) mass is 410 g/mol. The number of hydrogen-bond acceptors (Lipinski definition) is 4. The minimum Gasteiger partial charge on any atom is -0.503 e. The maximum Gasteiger partial charge on any atom is 0.307 e. The van der Waals surface area contributed by atoms with Gasteiger partial charge in [-0.1, -0.05) is 0 Å². The van der Waals surface area contributed by atoms with Crippen LogP contribution < -0.4 is 4.74 Å². The van der Waals surface area contributed by atoms with E-state index in [-0.39, 0.29) is 17.9 Å². The Morgan fingerprint density at radius 3 is 2.35 bits per heavy atom. The van der Waals surface area contributed by atoms with Gasteiger partial charge in [0, 0.05) is 4.47 Å². The molecule has 1 atom stereocenters. The SMILES string of the molecule is COc1cc(CC(CC(=O)O)C(=O)O)c(Br)c(Br)c1O. The van der Waals surface area contributed by atoms with Crippen molar-refractivity contribution in [2.45, 2.75) is 12.8 Å². The lowest BCUT2D eigenvalue weighted by atomic mass is 9.96. The van der Waals surface area contributed by atoms with Crippen molar-refractivity contribution in [1.29, 1.82) is 0 Å². The number of phenolic OH excluding ortho intramolecular Hbond substituents is 1. The Morgan fingerprint density at radius 2 is 1.90 bits per heavy atom. The summed E-state index contributed by atoms with van der Waals surface area (Å²) < 4.78 is 5.77. The topological polar surface area (TPSA) is 104 Å². The van der Waals surface area contributed by atoms with Gasteiger partial charge in [-0.3, -0.25) is 9.59 Å². The summed E-state index contributed by atoms with van der Waals surface area (Å²) in [5.74, 6) is -3.38. The second-order valence-corrected chi connectivity index (χ2v) is 5.64. The van der Waals surface area contributed by atoms with Crippen LogP contribution in [0.3, 0.4) is 0 Å². The Labute approximate surface area is 131 Å². The zero-order valence-electron chi connectivity index (χ0n) is 10.4. The van der Waals surface area contributed by atoms with Gasteiger partial charge in [0.15, 0.2) is 11.5 Å². The number of hydrogen-bond donors (Lipinski definition) is 3. The average Bonchev–Trinajstić information content (AvgIpc) is 2.37. The van der Waals surface area contributed by atoms with Crippen molar-refractivity contribution < 1.29 is 29.6 Å². The maximum absolute atomic E-state index is 11.1. The molecular weight excluding hydrogens is 400 g/mol. The molecule has 0 heterocycles. The molecule has 0 aliphatic carbocycles. The van der Waals surface area contributed by atoms with Gasteiger partial charge in [-0.15, -0.1) is 0 Å². The van der Waals surface area contributed by atoms with E-state index < -0.39 is 24.3 Å². The second kappa shape index (κ2) is 6.94. The van der Waals surface area contributed by atoms with Crippen LogP contribution in [0.5, 0.6) is 11.5 Å². The number of phenols is 1. The molecule has 110 valence electrons.